The third-order valence-corrected chi connectivity index (χ3v) is 6.68. The molecule has 1 fully saturated rings. The zero-order chi connectivity index (χ0) is 24.6. The number of aromatic nitrogens is 3. The van der Waals surface area contributed by atoms with E-state index in [9.17, 15) is 4.79 Å². The molecule has 3 aromatic heterocycles. The first-order valence-electron chi connectivity index (χ1n) is 11.9. The number of methoxy groups -OCH3 is 1. The van der Waals surface area contributed by atoms with Crippen LogP contribution in [0.2, 0.25) is 0 Å². The average Bonchev–Trinajstić information content (AvgIpc) is 3.52. The van der Waals surface area contributed by atoms with Gasteiger partial charge >= 0.3 is 0 Å². The van der Waals surface area contributed by atoms with Crippen molar-refractivity contribution in [3.63, 3.8) is 0 Å². The lowest BCUT2D eigenvalue weighted by atomic mass is 10.1. The van der Waals surface area contributed by atoms with E-state index in [1.807, 2.05) is 42.5 Å². The van der Waals surface area contributed by atoms with Gasteiger partial charge in [0.25, 0.3) is 5.91 Å². The van der Waals surface area contributed by atoms with E-state index in [0.717, 1.165) is 53.5 Å². The molecule has 1 saturated heterocycles. The Kier molecular flexibility index (Phi) is 5.54. The molecule has 4 N–H and O–H groups in total. The van der Waals surface area contributed by atoms with Gasteiger partial charge in [0.05, 0.1) is 29.7 Å². The normalized spacial score (nSPS) is 14.4. The van der Waals surface area contributed by atoms with E-state index in [1.54, 1.807) is 25.4 Å². The molecule has 5 aromatic rings. The van der Waals surface area contributed by atoms with Crippen molar-refractivity contribution in [2.45, 2.75) is 18.9 Å². The fourth-order valence-electron chi connectivity index (χ4n) is 4.86. The highest BCUT2D eigenvalue weighted by Crippen LogP contribution is 2.37. The summed E-state index contributed by atoms with van der Waals surface area (Å²) in [6.07, 6.45) is 3.71. The molecule has 4 heterocycles. The van der Waals surface area contributed by atoms with Gasteiger partial charge in [-0.05, 0) is 56.3 Å². The van der Waals surface area contributed by atoms with Crippen molar-refractivity contribution in [1.29, 1.82) is 0 Å². The lowest BCUT2D eigenvalue weighted by Crippen LogP contribution is -2.29. The molecule has 9 nitrogen and oxygen atoms in total. The van der Waals surface area contributed by atoms with E-state index in [4.69, 9.17) is 20.0 Å². The summed E-state index contributed by atoms with van der Waals surface area (Å²) in [5, 5.41) is 13.0. The summed E-state index contributed by atoms with van der Waals surface area (Å²) >= 11 is 0. The minimum absolute atomic E-state index is 0.230. The largest absolute Gasteiger partial charge is 0.495 e. The highest BCUT2D eigenvalue weighted by atomic mass is 16.5. The third-order valence-electron chi connectivity index (χ3n) is 6.68. The minimum atomic E-state index is -0.355. The van der Waals surface area contributed by atoms with E-state index in [0.29, 0.717) is 22.8 Å². The summed E-state index contributed by atoms with van der Waals surface area (Å²) in [6, 6.07) is 17.0. The second kappa shape index (κ2) is 9.01. The topological polar surface area (TPSA) is 120 Å². The molecule has 0 aliphatic carbocycles. The first-order valence-corrected chi connectivity index (χ1v) is 11.9. The van der Waals surface area contributed by atoms with Crippen LogP contribution in [0.15, 0.2) is 65.2 Å². The molecule has 6 rings (SSSR count). The smallest absolute Gasteiger partial charge is 0.291 e. The number of hydrogen-bond acceptors (Lipinski definition) is 7. The van der Waals surface area contributed by atoms with E-state index in [1.165, 1.54) is 0 Å². The predicted molar refractivity (Wildman–Crippen MR) is 139 cm³/mol. The number of para-hydroxylation sites is 1. The number of fused-ring (bicyclic) bond motifs is 2. The van der Waals surface area contributed by atoms with Crippen LogP contribution in [-0.4, -0.2) is 40.9 Å². The Labute approximate surface area is 207 Å². The highest BCUT2D eigenvalue weighted by Gasteiger charge is 2.23. The van der Waals surface area contributed by atoms with Crippen molar-refractivity contribution in [3.8, 4) is 17.0 Å². The highest BCUT2D eigenvalue weighted by molar-refractivity contribution is 6.06. The SMILES string of the molecule is COc1cc(-c2nn(C3CCNCC3)c3ccnc(N)c23)ccc1NC(=O)c1cc2ccccc2o1. The number of anilines is 2. The van der Waals surface area contributed by atoms with Crippen LogP contribution in [0.25, 0.3) is 33.1 Å². The Morgan fingerprint density at radius 2 is 2.00 bits per heavy atom. The molecule has 9 heteroatoms. The van der Waals surface area contributed by atoms with Crippen LogP contribution in [0.4, 0.5) is 11.5 Å². The molecule has 0 bridgehead atoms. The van der Waals surface area contributed by atoms with E-state index in [-0.39, 0.29) is 17.7 Å². The fraction of sp³-hybridized carbons (Fsp3) is 0.222. The first kappa shape index (κ1) is 22.1. The summed E-state index contributed by atoms with van der Waals surface area (Å²) in [6.45, 7) is 1.91. The van der Waals surface area contributed by atoms with Gasteiger partial charge in [0.2, 0.25) is 0 Å². The monoisotopic (exact) mass is 482 g/mol. The maximum absolute atomic E-state index is 12.9. The summed E-state index contributed by atoms with van der Waals surface area (Å²) in [5.74, 6) is 0.812. The van der Waals surface area contributed by atoms with Gasteiger partial charge in [-0.15, -0.1) is 0 Å². The maximum atomic E-state index is 12.9. The van der Waals surface area contributed by atoms with Crippen LogP contribution >= 0.6 is 0 Å². The Morgan fingerprint density at radius 3 is 2.81 bits per heavy atom. The number of furan rings is 1. The van der Waals surface area contributed by atoms with Gasteiger partial charge in [-0.3, -0.25) is 9.48 Å². The molecule has 0 atom stereocenters. The van der Waals surface area contributed by atoms with E-state index in [2.05, 4.69) is 20.3 Å². The van der Waals surface area contributed by atoms with Crippen LogP contribution in [0.1, 0.15) is 29.4 Å². The summed E-state index contributed by atoms with van der Waals surface area (Å²) in [4.78, 5) is 17.2. The van der Waals surface area contributed by atoms with Crippen molar-refractivity contribution in [1.82, 2.24) is 20.1 Å². The lowest BCUT2D eigenvalue weighted by molar-refractivity contribution is 0.0998. The van der Waals surface area contributed by atoms with Gasteiger partial charge < -0.3 is 25.5 Å². The number of rotatable bonds is 5. The van der Waals surface area contributed by atoms with Gasteiger partial charge in [-0.25, -0.2) is 4.98 Å². The quantitative estimate of drug-likeness (QED) is 0.334. The number of nitrogens with two attached hydrogens (primary N) is 1. The summed E-state index contributed by atoms with van der Waals surface area (Å²) < 4.78 is 13.4. The number of benzene rings is 2. The second-order valence-electron chi connectivity index (χ2n) is 8.88. The Morgan fingerprint density at radius 1 is 1.17 bits per heavy atom. The number of carbonyl (C=O) groups excluding carboxylic acids is 1. The molecule has 1 amide bonds. The number of ether oxygens (including phenoxy) is 1. The van der Waals surface area contributed by atoms with Crippen LogP contribution < -0.4 is 21.1 Å². The standard InChI is InChI=1S/C27H26N6O3/c1-35-22-15-17(6-7-19(22)31-27(34)23-14-16-4-2-3-5-21(16)36-23)25-24-20(10-13-30-26(24)28)33(32-25)18-8-11-29-12-9-18/h2-7,10,13-15,18,29H,8-9,11-12H2,1H3,(H2,28,30)(H,31,34). The van der Waals surface area contributed by atoms with Gasteiger partial charge in [-0.1, -0.05) is 24.3 Å². The lowest BCUT2D eigenvalue weighted by Gasteiger charge is -2.23. The van der Waals surface area contributed by atoms with Gasteiger partial charge in [0.15, 0.2) is 5.76 Å². The van der Waals surface area contributed by atoms with Crippen molar-refractivity contribution in [3.05, 3.63) is 66.6 Å². The fourth-order valence-corrected chi connectivity index (χ4v) is 4.86. The van der Waals surface area contributed by atoms with E-state index >= 15 is 0 Å². The number of hydrogen-bond donors (Lipinski definition) is 3. The summed E-state index contributed by atoms with van der Waals surface area (Å²) in [5.41, 5.74) is 10.0. The molecule has 36 heavy (non-hydrogen) atoms. The predicted octanol–water partition coefficient (Wildman–Crippen LogP) is 4.61. The maximum Gasteiger partial charge on any atom is 0.291 e. The van der Waals surface area contributed by atoms with Crippen LogP contribution in [0, 0.1) is 0 Å². The summed E-state index contributed by atoms with van der Waals surface area (Å²) in [7, 11) is 1.57. The van der Waals surface area contributed by atoms with E-state index < -0.39 is 0 Å². The molecule has 2 aromatic carbocycles. The number of nitrogens with zero attached hydrogens (tertiary/aromatic N) is 3. The van der Waals surface area contributed by atoms with Crippen molar-refractivity contribution < 1.29 is 13.9 Å². The molecular weight excluding hydrogens is 456 g/mol. The van der Waals surface area contributed by atoms with Gasteiger partial charge in [-0.2, -0.15) is 5.10 Å². The van der Waals surface area contributed by atoms with Crippen LogP contribution in [0.5, 0.6) is 5.75 Å². The van der Waals surface area contributed by atoms with Crippen molar-refractivity contribution in [2.75, 3.05) is 31.2 Å². The molecule has 0 radical (unpaired) electrons. The number of pyridine rings is 1. The number of carbonyl (C=O) groups is 1. The molecule has 1 aliphatic rings. The number of nitrogens with one attached hydrogen (secondary N) is 2. The molecule has 182 valence electrons. The molecule has 1 aliphatic heterocycles. The molecule has 0 saturated carbocycles. The van der Waals surface area contributed by atoms with Crippen LogP contribution in [0.3, 0.4) is 0 Å². The average molecular weight is 483 g/mol. The third kappa shape index (κ3) is 3.83. The Bertz CT molecular complexity index is 1550. The zero-order valence-corrected chi connectivity index (χ0v) is 19.8. The molecular formula is C27H26N6O3. The number of piperidine rings is 1. The Hall–Kier alpha value is -4.37. The molecule has 0 spiro atoms. The minimum Gasteiger partial charge on any atom is -0.495 e. The van der Waals surface area contributed by atoms with Gasteiger partial charge in [0.1, 0.15) is 22.8 Å². The number of amides is 1. The van der Waals surface area contributed by atoms with Gasteiger partial charge in [0, 0.05) is 17.1 Å². The van der Waals surface area contributed by atoms with Crippen molar-refractivity contribution in [2.24, 2.45) is 0 Å². The van der Waals surface area contributed by atoms with Crippen molar-refractivity contribution >= 4 is 39.3 Å². The first-order chi connectivity index (χ1) is 17.6. The molecule has 0 unspecified atom stereocenters. The number of nitrogen functional groups attached to an aromatic ring is 1. The van der Waals surface area contributed by atoms with Crippen LogP contribution in [-0.2, 0) is 0 Å². The zero-order valence-electron chi connectivity index (χ0n) is 19.8. The Balaban J connectivity index is 1.36. The second-order valence-corrected chi connectivity index (χ2v) is 8.88.